The zero-order valence-corrected chi connectivity index (χ0v) is 7.79. The van der Waals surface area contributed by atoms with Crippen LogP contribution in [0.2, 0.25) is 0 Å². The van der Waals surface area contributed by atoms with E-state index in [2.05, 4.69) is 10.3 Å². The minimum absolute atomic E-state index is 0.411. The Morgan fingerprint density at radius 2 is 2.50 bits per heavy atom. The minimum atomic E-state index is 0.411. The molecule has 5 heteroatoms. The molecule has 1 aromatic heterocycles. The molecule has 0 N–H and O–H groups in total. The molecular formula is C7H12ClN3O. The average Bonchev–Trinajstić information content (AvgIpc) is 2.53. The molecule has 0 amide bonds. The number of alkyl halides is 1. The van der Waals surface area contributed by atoms with Crippen LogP contribution in [0.3, 0.4) is 0 Å². The largest absolute Gasteiger partial charge is 0.380 e. The van der Waals surface area contributed by atoms with Crippen molar-refractivity contribution in [1.82, 2.24) is 15.0 Å². The Balaban J connectivity index is 2.31. The van der Waals surface area contributed by atoms with Crippen molar-refractivity contribution in [2.24, 2.45) is 0 Å². The zero-order chi connectivity index (χ0) is 8.81. The van der Waals surface area contributed by atoms with Crippen LogP contribution in [-0.4, -0.2) is 28.2 Å². The third-order valence-electron chi connectivity index (χ3n) is 1.39. The van der Waals surface area contributed by atoms with Gasteiger partial charge in [0.05, 0.1) is 24.7 Å². The maximum Gasteiger partial charge on any atom is 0.0974 e. The molecule has 0 spiro atoms. The summed E-state index contributed by atoms with van der Waals surface area (Å²) in [4.78, 5) is 0. The van der Waals surface area contributed by atoms with Crippen LogP contribution in [0.5, 0.6) is 0 Å². The van der Waals surface area contributed by atoms with Crippen molar-refractivity contribution in [1.29, 1.82) is 0 Å². The molecule has 0 aliphatic heterocycles. The number of hydrogen-bond donors (Lipinski definition) is 0. The molecule has 0 bridgehead atoms. The van der Waals surface area contributed by atoms with Crippen molar-refractivity contribution in [3.05, 3.63) is 11.9 Å². The summed E-state index contributed by atoms with van der Waals surface area (Å²) in [5, 5.41) is 7.70. The summed E-state index contributed by atoms with van der Waals surface area (Å²) in [6.45, 7) is 4.10. The molecule has 68 valence electrons. The van der Waals surface area contributed by atoms with E-state index in [9.17, 15) is 0 Å². The highest BCUT2D eigenvalue weighted by Gasteiger charge is 1.97. The average molecular weight is 190 g/mol. The van der Waals surface area contributed by atoms with Gasteiger partial charge in [-0.1, -0.05) is 5.21 Å². The zero-order valence-electron chi connectivity index (χ0n) is 7.03. The second kappa shape index (κ2) is 5.11. The van der Waals surface area contributed by atoms with Gasteiger partial charge in [-0.05, 0) is 6.92 Å². The van der Waals surface area contributed by atoms with Gasteiger partial charge in [0.25, 0.3) is 0 Å². The molecule has 0 fully saturated rings. The Bertz CT molecular complexity index is 226. The molecule has 1 heterocycles. The molecule has 12 heavy (non-hydrogen) atoms. The van der Waals surface area contributed by atoms with Crippen molar-refractivity contribution in [2.45, 2.75) is 19.3 Å². The Morgan fingerprint density at radius 3 is 3.08 bits per heavy atom. The van der Waals surface area contributed by atoms with Gasteiger partial charge in [-0.3, -0.25) is 0 Å². The third kappa shape index (κ3) is 2.79. The van der Waals surface area contributed by atoms with Crippen molar-refractivity contribution < 1.29 is 4.74 Å². The highest BCUT2D eigenvalue weighted by atomic mass is 35.5. The third-order valence-corrected chi connectivity index (χ3v) is 1.67. The molecule has 0 saturated carbocycles. The Labute approximate surface area is 76.5 Å². The van der Waals surface area contributed by atoms with Crippen LogP contribution in [-0.2, 0) is 17.2 Å². The SMILES string of the molecule is CCOCCn1cc(CCl)nn1. The van der Waals surface area contributed by atoms with Crippen LogP contribution in [0.15, 0.2) is 6.20 Å². The Hall–Kier alpha value is -0.610. The summed E-state index contributed by atoms with van der Waals surface area (Å²) in [7, 11) is 0. The molecule has 0 unspecified atom stereocenters. The maximum absolute atomic E-state index is 5.55. The van der Waals surface area contributed by atoms with Gasteiger partial charge in [-0.15, -0.1) is 16.7 Å². The highest BCUT2D eigenvalue weighted by Crippen LogP contribution is 1.96. The monoisotopic (exact) mass is 189 g/mol. The Morgan fingerprint density at radius 1 is 1.67 bits per heavy atom. The number of hydrogen-bond acceptors (Lipinski definition) is 3. The first-order valence-corrected chi connectivity index (χ1v) is 4.43. The van der Waals surface area contributed by atoms with Crippen molar-refractivity contribution >= 4 is 11.6 Å². The molecule has 1 rings (SSSR count). The summed E-state index contributed by atoms with van der Waals surface area (Å²) in [6.07, 6.45) is 1.83. The van der Waals surface area contributed by atoms with Gasteiger partial charge < -0.3 is 4.74 Å². The van der Waals surface area contributed by atoms with Gasteiger partial charge in [0.2, 0.25) is 0 Å². The maximum atomic E-state index is 5.55. The van der Waals surface area contributed by atoms with E-state index in [0.717, 1.165) is 18.8 Å². The van der Waals surface area contributed by atoms with Gasteiger partial charge in [0.1, 0.15) is 0 Å². The molecular weight excluding hydrogens is 178 g/mol. The number of halogens is 1. The van der Waals surface area contributed by atoms with Crippen molar-refractivity contribution in [2.75, 3.05) is 13.2 Å². The van der Waals surface area contributed by atoms with Gasteiger partial charge in [-0.2, -0.15) is 0 Å². The van der Waals surface area contributed by atoms with Crippen LogP contribution in [0.1, 0.15) is 12.6 Å². The van der Waals surface area contributed by atoms with E-state index in [-0.39, 0.29) is 0 Å². The number of aromatic nitrogens is 3. The minimum Gasteiger partial charge on any atom is -0.380 e. The Kier molecular flexibility index (Phi) is 4.04. The first kappa shape index (κ1) is 9.48. The number of ether oxygens (including phenoxy) is 1. The topological polar surface area (TPSA) is 39.9 Å². The van der Waals surface area contributed by atoms with Crippen LogP contribution in [0.4, 0.5) is 0 Å². The van der Waals surface area contributed by atoms with Gasteiger partial charge in [0.15, 0.2) is 0 Å². The van der Waals surface area contributed by atoms with Crippen molar-refractivity contribution in [3.8, 4) is 0 Å². The normalized spacial score (nSPS) is 10.5. The second-order valence-electron chi connectivity index (χ2n) is 2.30. The van der Waals surface area contributed by atoms with Gasteiger partial charge in [0, 0.05) is 12.8 Å². The van der Waals surface area contributed by atoms with E-state index in [0.29, 0.717) is 12.5 Å². The van der Waals surface area contributed by atoms with E-state index in [1.807, 2.05) is 13.1 Å². The molecule has 0 atom stereocenters. The number of rotatable bonds is 5. The van der Waals surface area contributed by atoms with Crippen LogP contribution in [0.25, 0.3) is 0 Å². The smallest absolute Gasteiger partial charge is 0.0974 e. The van der Waals surface area contributed by atoms with E-state index in [1.165, 1.54) is 0 Å². The molecule has 0 saturated heterocycles. The number of nitrogens with zero attached hydrogens (tertiary/aromatic N) is 3. The summed E-state index contributed by atoms with van der Waals surface area (Å²) in [6, 6.07) is 0. The molecule has 0 radical (unpaired) electrons. The summed E-state index contributed by atoms with van der Waals surface area (Å²) >= 11 is 5.55. The molecule has 4 nitrogen and oxygen atoms in total. The predicted octanol–water partition coefficient (Wildman–Crippen LogP) is 1.05. The molecule has 0 aromatic carbocycles. The second-order valence-corrected chi connectivity index (χ2v) is 2.57. The lowest BCUT2D eigenvalue weighted by Gasteiger charge is -1.99. The molecule has 0 aliphatic rings. The van der Waals surface area contributed by atoms with Crippen LogP contribution >= 0.6 is 11.6 Å². The lowest BCUT2D eigenvalue weighted by molar-refractivity contribution is 0.136. The molecule has 0 aliphatic carbocycles. The van der Waals surface area contributed by atoms with Gasteiger partial charge >= 0.3 is 0 Å². The van der Waals surface area contributed by atoms with E-state index in [4.69, 9.17) is 16.3 Å². The highest BCUT2D eigenvalue weighted by molar-refractivity contribution is 6.16. The molecule has 1 aromatic rings. The predicted molar refractivity (Wildman–Crippen MR) is 46.1 cm³/mol. The van der Waals surface area contributed by atoms with E-state index in [1.54, 1.807) is 4.68 Å². The lowest BCUT2D eigenvalue weighted by Crippen LogP contribution is -2.06. The first-order valence-electron chi connectivity index (χ1n) is 3.89. The van der Waals surface area contributed by atoms with Crippen LogP contribution < -0.4 is 0 Å². The standard InChI is InChI=1S/C7H12ClN3O/c1-2-12-4-3-11-6-7(5-8)9-10-11/h6H,2-5H2,1H3. The summed E-state index contributed by atoms with van der Waals surface area (Å²) < 4.78 is 6.89. The van der Waals surface area contributed by atoms with Gasteiger partial charge in [-0.25, -0.2) is 4.68 Å². The lowest BCUT2D eigenvalue weighted by atomic mass is 10.5. The summed E-state index contributed by atoms with van der Waals surface area (Å²) in [5.41, 5.74) is 0.799. The van der Waals surface area contributed by atoms with Crippen LogP contribution in [0, 0.1) is 0 Å². The van der Waals surface area contributed by atoms with E-state index >= 15 is 0 Å². The summed E-state index contributed by atoms with van der Waals surface area (Å²) in [5.74, 6) is 0.411. The van der Waals surface area contributed by atoms with Crippen molar-refractivity contribution in [3.63, 3.8) is 0 Å². The fourth-order valence-electron chi connectivity index (χ4n) is 0.811. The fourth-order valence-corrected chi connectivity index (χ4v) is 0.934. The quantitative estimate of drug-likeness (QED) is 0.514. The fraction of sp³-hybridized carbons (Fsp3) is 0.714. The van der Waals surface area contributed by atoms with E-state index < -0.39 is 0 Å². The first-order chi connectivity index (χ1) is 5.86.